The minimum absolute atomic E-state index is 0.0355. The second kappa shape index (κ2) is 6.73. The van der Waals surface area contributed by atoms with Crippen LogP contribution in [0.4, 0.5) is 5.95 Å². The fourth-order valence-corrected chi connectivity index (χ4v) is 2.80. The van der Waals surface area contributed by atoms with E-state index in [2.05, 4.69) is 9.88 Å². The number of piperazine rings is 1. The highest BCUT2D eigenvalue weighted by atomic mass is 16.5. The maximum Gasteiger partial charge on any atom is 0.263 e. The normalized spacial score (nSPS) is 16.3. The molecule has 1 atom stereocenters. The molecule has 6 heteroatoms. The van der Waals surface area contributed by atoms with E-state index in [-0.39, 0.29) is 5.91 Å². The standard InChI is InChI=1S/C17H22N4O2/c1-14(23-15-6-4-3-5-7-15)16(22)20-10-12-21(13-11-20)17-18-8-9-19(17)2/h3-9,14H,10-13H2,1-2H3/t14-/m1/s1. The van der Waals surface area contributed by atoms with Crippen LogP contribution in [0.2, 0.25) is 0 Å². The van der Waals surface area contributed by atoms with Crippen LogP contribution in [-0.2, 0) is 11.8 Å². The number of para-hydroxylation sites is 1. The van der Waals surface area contributed by atoms with E-state index < -0.39 is 6.10 Å². The summed E-state index contributed by atoms with van der Waals surface area (Å²) in [5.41, 5.74) is 0. The van der Waals surface area contributed by atoms with Gasteiger partial charge in [0, 0.05) is 45.6 Å². The van der Waals surface area contributed by atoms with Gasteiger partial charge in [-0.15, -0.1) is 0 Å². The van der Waals surface area contributed by atoms with Crippen LogP contribution in [0.15, 0.2) is 42.7 Å². The lowest BCUT2D eigenvalue weighted by Gasteiger charge is -2.36. The Hall–Kier alpha value is -2.50. The van der Waals surface area contributed by atoms with Crippen molar-refractivity contribution < 1.29 is 9.53 Å². The molecule has 3 rings (SSSR count). The molecule has 1 amide bonds. The highest BCUT2D eigenvalue weighted by molar-refractivity contribution is 5.81. The quantitative estimate of drug-likeness (QED) is 0.859. The molecule has 0 N–H and O–H groups in total. The van der Waals surface area contributed by atoms with Gasteiger partial charge in [-0.05, 0) is 19.1 Å². The van der Waals surface area contributed by atoms with Crippen molar-refractivity contribution in [2.24, 2.45) is 7.05 Å². The summed E-state index contributed by atoms with van der Waals surface area (Å²) in [6.07, 6.45) is 3.25. The first-order chi connectivity index (χ1) is 11.1. The summed E-state index contributed by atoms with van der Waals surface area (Å²) in [4.78, 5) is 21.0. The van der Waals surface area contributed by atoms with E-state index in [0.29, 0.717) is 13.1 Å². The van der Waals surface area contributed by atoms with Gasteiger partial charge in [0.05, 0.1) is 0 Å². The van der Waals surface area contributed by atoms with Crippen LogP contribution in [0.25, 0.3) is 0 Å². The van der Waals surface area contributed by atoms with E-state index in [4.69, 9.17) is 4.74 Å². The van der Waals surface area contributed by atoms with Gasteiger partial charge in [0.15, 0.2) is 6.10 Å². The highest BCUT2D eigenvalue weighted by Crippen LogP contribution is 2.15. The number of amides is 1. The molecule has 1 aromatic carbocycles. The highest BCUT2D eigenvalue weighted by Gasteiger charge is 2.27. The summed E-state index contributed by atoms with van der Waals surface area (Å²) in [7, 11) is 1.98. The summed E-state index contributed by atoms with van der Waals surface area (Å²) in [6, 6.07) is 9.46. The molecule has 2 heterocycles. The van der Waals surface area contributed by atoms with Crippen LogP contribution < -0.4 is 9.64 Å². The molecule has 0 aliphatic carbocycles. The minimum atomic E-state index is -0.475. The molecule has 6 nitrogen and oxygen atoms in total. The Morgan fingerprint density at radius 3 is 2.48 bits per heavy atom. The Morgan fingerprint density at radius 1 is 1.17 bits per heavy atom. The van der Waals surface area contributed by atoms with Crippen molar-refractivity contribution in [1.29, 1.82) is 0 Å². The van der Waals surface area contributed by atoms with Crippen LogP contribution in [0.3, 0.4) is 0 Å². The van der Waals surface area contributed by atoms with E-state index in [1.54, 1.807) is 13.1 Å². The third-order valence-electron chi connectivity index (χ3n) is 4.07. The number of ether oxygens (including phenoxy) is 1. The van der Waals surface area contributed by atoms with Gasteiger partial charge in [-0.2, -0.15) is 0 Å². The van der Waals surface area contributed by atoms with E-state index in [9.17, 15) is 4.79 Å². The lowest BCUT2D eigenvalue weighted by molar-refractivity contribution is -0.138. The average molecular weight is 314 g/mol. The summed E-state index contributed by atoms with van der Waals surface area (Å²) >= 11 is 0. The second-order valence-corrected chi connectivity index (χ2v) is 5.72. The number of aromatic nitrogens is 2. The van der Waals surface area contributed by atoms with Gasteiger partial charge < -0.3 is 19.1 Å². The molecular formula is C17H22N4O2. The van der Waals surface area contributed by atoms with Gasteiger partial charge >= 0.3 is 0 Å². The van der Waals surface area contributed by atoms with E-state index in [1.807, 2.05) is 53.0 Å². The zero-order valence-corrected chi connectivity index (χ0v) is 13.6. The van der Waals surface area contributed by atoms with E-state index in [0.717, 1.165) is 24.8 Å². The largest absolute Gasteiger partial charge is 0.481 e. The van der Waals surface area contributed by atoms with Gasteiger partial charge in [0.2, 0.25) is 5.95 Å². The zero-order valence-electron chi connectivity index (χ0n) is 13.6. The number of hydrogen-bond acceptors (Lipinski definition) is 4. The lowest BCUT2D eigenvalue weighted by atomic mass is 10.2. The number of rotatable bonds is 4. The minimum Gasteiger partial charge on any atom is -0.481 e. The number of anilines is 1. The Labute approximate surface area is 136 Å². The monoisotopic (exact) mass is 314 g/mol. The zero-order chi connectivity index (χ0) is 16.2. The third kappa shape index (κ3) is 3.47. The first kappa shape index (κ1) is 15.4. The number of nitrogens with zero attached hydrogens (tertiary/aromatic N) is 4. The van der Waals surface area contributed by atoms with Gasteiger partial charge in [-0.3, -0.25) is 4.79 Å². The van der Waals surface area contributed by atoms with Crippen molar-refractivity contribution in [3.63, 3.8) is 0 Å². The van der Waals surface area contributed by atoms with E-state index >= 15 is 0 Å². The van der Waals surface area contributed by atoms with Gasteiger partial charge in [0.1, 0.15) is 5.75 Å². The molecule has 1 fully saturated rings. The number of benzene rings is 1. The van der Waals surface area contributed by atoms with Crippen molar-refractivity contribution in [2.45, 2.75) is 13.0 Å². The molecule has 0 spiro atoms. The number of aryl methyl sites for hydroxylation is 1. The first-order valence-electron chi connectivity index (χ1n) is 7.88. The molecule has 0 saturated carbocycles. The SMILES string of the molecule is C[C@@H](Oc1ccccc1)C(=O)N1CCN(c2nccn2C)CC1. The number of carbonyl (C=O) groups is 1. The molecule has 23 heavy (non-hydrogen) atoms. The molecule has 0 unspecified atom stereocenters. The van der Waals surface area contributed by atoms with Crippen LogP contribution in [0.5, 0.6) is 5.75 Å². The number of hydrogen-bond donors (Lipinski definition) is 0. The molecule has 0 radical (unpaired) electrons. The summed E-state index contributed by atoms with van der Waals surface area (Å²) < 4.78 is 7.72. The van der Waals surface area contributed by atoms with Crippen LogP contribution in [0.1, 0.15) is 6.92 Å². The number of imidazole rings is 1. The fraction of sp³-hybridized carbons (Fsp3) is 0.412. The molecule has 1 aliphatic heterocycles. The second-order valence-electron chi connectivity index (χ2n) is 5.72. The fourth-order valence-electron chi connectivity index (χ4n) is 2.80. The number of carbonyl (C=O) groups excluding carboxylic acids is 1. The average Bonchev–Trinajstić information content (AvgIpc) is 3.01. The molecule has 1 aliphatic rings. The molecular weight excluding hydrogens is 292 g/mol. The topological polar surface area (TPSA) is 50.6 Å². The Kier molecular flexibility index (Phi) is 4.50. The van der Waals surface area contributed by atoms with Crippen molar-refractivity contribution in [3.05, 3.63) is 42.7 Å². The predicted octanol–water partition coefficient (Wildman–Crippen LogP) is 1.54. The Morgan fingerprint density at radius 2 is 1.87 bits per heavy atom. The van der Waals surface area contributed by atoms with Crippen LogP contribution in [0, 0.1) is 0 Å². The van der Waals surface area contributed by atoms with Gasteiger partial charge in [-0.1, -0.05) is 18.2 Å². The smallest absolute Gasteiger partial charge is 0.263 e. The predicted molar refractivity (Wildman–Crippen MR) is 88.5 cm³/mol. The lowest BCUT2D eigenvalue weighted by Crippen LogP contribution is -2.52. The van der Waals surface area contributed by atoms with Crippen molar-refractivity contribution in [1.82, 2.24) is 14.5 Å². The Balaban J connectivity index is 1.55. The summed E-state index contributed by atoms with van der Waals surface area (Å²) in [5.74, 6) is 1.71. The van der Waals surface area contributed by atoms with Crippen molar-refractivity contribution >= 4 is 11.9 Å². The third-order valence-corrected chi connectivity index (χ3v) is 4.07. The Bertz CT molecular complexity index is 648. The van der Waals surface area contributed by atoms with Gasteiger partial charge in [-0.25, -0.2) is 4.98 Å². The molecule has 2 aromatic rings. The maximum absolute atomic E-state index is 12.5. The summed E-state index contributed by atoms with van der Waals surface area (Å²) in [5, 5.41) is 0. The molecule has 1 saturated heterocycles. The molecule has 1 aromatic heterocycles. The van der Waals surface area contributed by atoms with Crippen LogP contribution in [-0.4, -0.2) is 52.6 Å². The first-order valence-corrected chi connectivity index (χ1v) is 7.88. The molecule has 0 bridgehead atoms. The van der Waals surface area contributed by atoms with Crippen molar-refractivity contribution in [3.8, 4) is 5.75 Å². The van der Waals surface area contributed by atoms with Crippen LogP contribution >= 0.6 is 0 Å². The van der Waals surface area contributed by atoms with Crippen molar-refractivity contribution in [2.75, 3.05) is 31.1 Å². The maximum atomic E-state index is 12.5. The van der Waals surface area contributed by atoms with Gasteiger partial charge in [0.25, 0.3) is 5.91 Å². The summed E-state index contributed by atoms with van der Waals surface area (Å²) in [6.45, 7) is 4.76. The molecule has 122 valence electrons. The van der Waals surface area contributed by atoms with E-state index in [1.165, 1.54) is 0 Å².